The van der Waals surface area contributed by atoms with Gasteiger partial charge in [0.25, 0.3) is 0 Å². The molecule has 14 heavy (non-hydrogen) atoms. The third kappa shape index (κ3) is 2.06. The minimum Gasteiger partial charge on any atom is -0.371 e. The van der Waals surface area contributed by atoms with Crippen LogP contribution in [0.1, 0.15) is 19.8 Å². The van der Waals surface area contributed by atoms with E-state index in [1.807, 2.05) is 12.1 Å². The third-order valence-corrected chi connectivity index (χ3v) is 2.85. The molecule has 1 fully saturated rings. The van der Waals surface area contributed by atoms with Crippen molar-refractivity contribution in [2.45, 2.75) is 19.8 Å². The third-order valence-electron chi connectivity index (χ3n) is 2.85. The van der Waals surface area contributed by atoms with Gasteiger partial charge in [0.15, 0.2) is 0 Å². The second kappa shape index (κ2) is 3.99. The molecule has 0 radical (unpaired) electrons. The van der Waals surface area contributed by atoms with Gasteiger partial charge in [-0.15, -0.1) is 0 Å². The molecule has 1 atom stereocenters. The van der Waals surface area contributed by atoms with E-state index in [2.05, 4.69) is 11.8 Å². The highest BCUT2D eigenvalue weighted by Gasteiger charge is 2.16. The van der Waals surface area contributed by atoms with E-state index in [4.69, 9.17) is 0 Å². The standard InChI is InChI=1S/C12H16FN/c1-10-3-2-8-14(9-10)12-6-4-11(13)5-7-12/h4-7,10H,2-3,8-9H2,1H3/t10-/m0/s1. The lowest BCUT2D eigenvalue weighted by Crippen LogP contribution is -2.34. The molecule has 1 nitrogen and oxygen atoms in total. The summed E-state index contributed by atoms with van der Waals surface area (Å²) in [6.45, 7) is 4.48. The average molecular weight is 193 g/mol. The first-order valence-electron chi connectivity index (χ1n) is 5.26. The Morgan fingerprint density at radius 2 is 2.00 bits per heavy atom. The summed E-state index contributed by atoms with van der Waals surface area (Å²) in [6.07, 6.45) is 2.57. The van der Waals surface area contributed by atoms with Gasteiger partial charge in [0.2, 0.25) is 0 Å². The normalized spacial score (nSPS) is 22.4. The van der Waals surface area contributed by atoms with Crippen LogP contribution in [0.4, 0.5) is 10.1 Å². The van der Waals surface area contributed by atoms with Gasteiger partial charge in [-0.05, 0) is 43.0 Å². The van der Waals surface area contributed by atoms with E-state index in [1.165, 1.54) is 25.0 Å². The molecule has 0 amide bonds. The Labute approximate surface area is 84.5 Å². The zero-order chi connectivity index (χ0) is 9.97. The number of piperidine rings is 1. The van der Waals surface area contributed by atoms with Crippen LogP contribution in [0.3, 0.4) is 0 Å². The molecule has 0 aromatic heterocycles. The van der Waals surface area contributed by atoms with Gasteiger partial charge in [-0.1, -0.05) is 6.92 Å². The van der Waals surface area contributed by atoms with Crippen molar-refractivity contribution in [1.29, 1.82) is 0 Å². The molecule has 2 heteroatoms. The molecule has 1 aromatic rings. The topological polar surface area (TPSA) is 3.24 Å². The maximum atomic E-state index is 12.7. The van der Waals surface area contributed by atoms with Gasteiger partial charge in [0.1, 0.15) is 5.82 Å². The van der Waals surface area contributed by atoms with Crippen molar-refractivity contribution in [2.24, 2.45) is 5.92 Å². The summed E-state index contributed by atoms with van der Waals surface area (Å²) in [5.74, 6) is 0.604. The summed E-state index contributed by atoms with van der Waals surface area (Å²) in [4.78, 5) is 2.34. The molecule has 2 rings (SSSR count). The average Bonchev–Trinajstić information content (AvgIpc) is 2.19. The molecule has 76 valence electrons. The van der Waals surface area contributed by atoms with E-state index in [9.17, 15) is 4.39 Å². The Kier molecular flexibility index (Phi) is 2.71. The number of benzene rings is 1. The highest BCUT2D eigenvalue weighted by molar-refractivity contribution is 5.46. The fraction of sp³-hybridized carbons (Fsp3) is 0.500. The zero-order valence-electron chi connectivity index (χ0n) is 8.54. The number of nitrogens with zero attached hydrogens (tertiary/aromatic N) is 1. The quantitative estimate of drug-likeness (QED) is 0.662. The molecule has 0 unspecified atom stereocenters. The van der Waals surface area contributed by atoms with E-state index in [1.54, 1.807) is 0 Å². The van der Waals surface area contributed by atoms with Crippen molar-refractivity contribution in [3.05, 3.63) is 30.1 Å². The summed E-state index contributed by atoms with van der Waals surface area (Å²) in [5, 5.41) is 0. The van der Waals surface area contributed by atoms with Crippen LogP contribution in [0.25, 0.3) is 0 Å². The molecule has 0 bridgehead atoms. The number of hydrogen-bond acceptors (Lipinski definition) is 1. The molecule has 1 aliphatic heterocycles. The highest BCUT2D eigenvalue weighted by Crippen LogP contribution is 2.22. The Morgan fingerprint density at radius 3 is 2.64 bits per heavy atom. The van der Waals surface area contributed by atoms with Crippen molar-refractivity contribution >= 4 is 5.69 Å². The van der Waals surface area contributed by atoms with Crippen LogP contribution in [0.15, 0.2) is 24.3 Å². The molecule has 0 spiro atoms. The van der Waals surface area contributed by atoms with E-state index in [0.29, 0.717) is 0 Å². The minimum atomic E-state index is -0.154. The Bertz CT molecular complexity index is 294. The minimum absolute atomic E-state index is 0.154. The van der Waals surface area contributed by atoms with Crippen LogP contribution in [0, 0.1) is 11.7 Å². The molecule has 1 heterocycles. The molecular weight excluding hydrogens is 177 g/mol. The number of halogens is 1. The first kappa shape index (κ1) is 9.50. The molecule has 1 aliphatic rings. The highest BCUT2D eigenvalue weighted by atomic mass is 19.1. The summed E-state index contributed by atoms with van der Waals surface area (Å²) in [5.41, 5.74) is 1.15. The predicted molar refractivity (Wildman–Crippen MR) is 57.0 cm³/mol. The fourth-order valence-electron chi connectivity index (χ4n) is 2.08. The van der Waals surface area contributed by atoms with Gasteiger partial charge < -0.3 is 4.90 Å². The summed E-state index contributed by atoms with van der Waals surface area (Å²) in [7, 11) is 0. The SMILES string of the molecule is C[C@H]1CCCN(c2ccc(F)cc2)C1. The first-order valence-corrected chi connectivity index (χ1v) is 5.26. The van der Waals surface area contributed by atoms with Gasteiger partial charge >= 0.3 is 0 Å². The van der Waals surface area contributed by atoms with Crippen molar-refractivity contribution in [2.75, 3.05) is 18.0 Å². The van der Waals surface area contributed by atoms with Gasteiger partial charge in [-0.25, -0.2) is 4.39 Å². The van der Waals surface area contributed by atoms with Crippen LogP contribution in [0.2, 0.25) is 0 Å². The van der Waals surface area contributed by atoms with Gasteiger partial charge in [-0.3, -0.25) is 0 Å². The van der Waals surface area contributed by atoms with Crippen molar-refractivity contribution < 1.29 is 4.39 Å². The number of anilines is 1. The number of hydrogen-bond donors (Lipinski definition) is 0. The monoisotopic (exact) mass is 193 g/mol. The summed E-state index contributed by atoms with van der Waals surface area (Å²) >= 11 is 0. The van der Waals surface area contributed by atoms with E-state index >= 15 is 0 Å². The predicted octanol–water partition coefficient (Wildman–Crippen LogP) is 3.06. The largest absolute Gasteiger partial charge is 0.371 e. The first-order chi connectivity index (χ1) is 6.75. The molecule has 0 N–H and O–H groups in total. The molecule has 0 saturated carbocycles. The molecule has 1 saturated heterocycles. The summed E-state index contributed by atoms with van der Waals surface area (Å²) < 4.78 is 12.7. The molecule has 1 aromatic carbocycles. The lowest BCUT2D eigenvalue weighted by Gasteiger charge is -2.32. The van der Waals surface area contributed by atoms with Gasteiger partial charge in [0, 0.05) is 18.8 Å². The smallest absolute Gasteiger partial charge is 0.123 e. The van der Waals surface area contributed by atoms with E-state index < -0.39 is 0 Å². The van der Waals surface area contributed by atoms with Crippen LogP contribution in [0.5, 0.6) is 0 Å². The second-order valence-electron chi connectivity index (χ2n) is 4.17. The fourth-order valence-corrected chi connectivity index (χ4v) is 2.08. The van der Waals surface area contributed by atoms with E-state index in [-0.39, 0.29) is 5.82 Å². The maximum absolute atomic E-state index is 12.7. The Balaban J connectivity index is 2.10. The molecular formula is C12H16FN. The Morgan fingerprint density at radius 1 is 1.29 bits per heavy atom. The van der Waals surface area contributed by atoms with Crippen LogP contribution >= 0.6 is 0 Å². The lowest BCUT2D eigenvalue weighted by atomic mass is 10.00. The summed E-state index contributed by atoms with van der Waals surface area (Å²) in [6, 6.07) is 6.81. The van der Waals surface area contributed by atoms with Crippen molar-refractivity contribution in [3.8, 4) is 0 Å². The van der Waals surface area contributed by atoms with Crippen LogP contribution in [-0.4, -0.2) is 13.1 Å². The van der Waals surface area contributed by atoms with Crippen LogP contribution in [-0.2, 0) is 0 Å². The molecule has 0 aliphatic carbocycles. The lowest BCUT2D eigenvalue weighted by molar-refractivity contribution is 0.446. The van der Waals surface area contributed by atoms with E-state index in [0.717, 1.165) is 24.7 Å². The van der Waals surface area contributed by atoms with Gasteiger partial charge in [0.05, 0.1) is 0 Å². The second-order valence-corrected chi connectivity index (χ2v) is 4.17. The van der Waals surface area contributed by atoms with Crippen molar-refractivity contribution in [1.82, 2.24) is 0 Å². The van der Waals surface area contributed by atoms with Gasteiger partial charge in [-0.2, -0.15) is 0 Å². The maximum Gasteiger partial charge on any atom is 0.123 e. The Hall–Kier alpha value is -1.05. The zero-order valence-corrected chi connectivity index (χ0v) is 8.54. The van der Waals surface area contributed by atoms with Crippen LogP contribution < -0.4 is 4.90 Å². The van der Waals surface area contributed by atoms with Crippen molar-refractivity contribution in [3.63, 3.8) is 0 Å². The number of rotatable bonds is 1.